The third-order valence-electron chi connectivity index (χ3n) is 1.54. The second kappa shape index (κ2) is 4.23. The average Bonchev–Trinajstić information content (AvgIpc) is 2.10. The van der Waals surface area contributed by atoms with Gasteiger partial charge in [-0.3, -0.25) is 4.79 Å². The van der Waals surface area contributed by atoms with E-state index in [0.717, 1.165) is 0 Å². The SMILES string of the molecule is C=CCN(C)c1nc[nH]c(=O)c1Br. The molecule has 1 aromatic rings. The zero-order valence-electron chi connectivity index (χ0n) is 7.25. The lowest BCUT2D eigenvalue weighted by Crippen LogP contribution is -2.22. The number of nitrogens with one attached hydrogen (secondary N) is 1. The van der Waals surface area contributed by atoms with Crippen LogP contribution < -0.4 is 10.5 Å². The summed E-state index contributed by atoms with van der Waals surface area (Å²) < 4.78 is 0.444. The summed E-state index contributed by atoms with van der Waals surface area (Å²) in [5.41, 5.74) is -0.180. The minimum Gasteiger partial charge on any atom is -0.355 e. The molecule has 4 nitrogen and oxygen atoms in total. The van der Waals surface area contributed by atoms with Crippen molar-refractivity contribution in [3.8, 4) is 0 Å². The van der Waals surface area contributed by atoms with Crippen LogP contribution in [0.15, 0.2) is 28.2 Å². The number of hydrogen-bond acceptors (Lipinski definition) is 3. The summed E-state index contributed by atoms with van der Waals surface area (Å²) in [6.07, 6.45) is 3.12. The first kappa shape index (κ1) is 9.98. The van der Waals surface area contributed by atoms with Crippen molar-refractivity contribution < 1.29 is 0 Å². The Kier molecular flexibility index (Phi) is 3.25. The standard InChI is InChI=1S/C8H10BrN3O/c1-3-4-12(2)7-6(9)8(13)11-5-10-7/h3,5H,1,4H2,2H3,(H,10,11,13). The monoisotopic (exact) mass is 243 g/mol. The predicted octanol–water partition coefficient (Wildman–Crippen LogP) is 1.15. The topological polar surface area (TPSA) is 49.0 Å². The van der Waals surface area contributed by atoms with Gasteiger partial charge in [0.05, 0.1) is 6.33 Å². The van der Waals surface area contributed by atoms with Crippen molar-refractivity contribution in [2.24, 2.45) is 0 Å². The van der Waals surface area contributed by atoms with Crippen molar-refractivity contribution in [3.05, 3.63) is 33.8 Å². The van der Waals surface area contributed by atoms with Crippen LogP contribution in [-0.4, -0.2) is 23.6 Å². The van der Waals surface area contributed by atoms with Gasteiger partial charge >= 0.3 is 0 Å². The van der Waals surface area contributed by atoms with Gasteiger partial charge in [0.2, 0.25) is 0 Å². The van der Waals surface area contributed by atoms with Crippen LogP contribution in [0.2, 0.25) is 0 Å². The van der Waals surface area contributed by atoms with Gasteiger partial charge in [0.25, 0.3) is 5.56 Å². The molecule has 0 aliphatic rings. The minimum absolute atomic E-state index is 0.180. The average molecular weight is 244 g/mol. The zero-order valence-corrected chi connectivity index (χ0v) is 8.84. The molecule has 1 heterocycles. The van der Waals surface area contributed by atoms with E-state index in [1.807, 2.05) is 11.9 Å². The van der Waals surface area contributed by atoms with Crippen molar-refractivity contribution in [1.29, 1.82) is 0 Å². The Bertz CT molecular complexity index is 361. The van der Waals surface area contributed by atoms with Crippen LogP contribution in [0.5, 0.6) is 0 Å². The highest BCUT2D eigenvalue weighted by molar-refractivity contribution is 9.10. The number of H-pyrrole nitrogens is 1. The van der Waals surface area contributed by atoms with Gasteiger partial charge < -0.3 is 9.88 Å². The summed E-state index contributed by atoms with van der Waals surface area (Å²) in [6.45, 7) is 4.26. The van der Waals surface area contributed by atoms with Crippen molar-refractivity contribution in [3.63, 3.8) is 0 Å². The molecule has 0 radical (unpaired) electrons. The van der Waals surface area contributed by atoms with Gasteiger partial charge in [-0.1, -0.05) is 6.08 Å². The molecule has 1 rings (SSSR count). The molecular formula is C8H10BrN3O. The fourth-order valence-corrected chi connectivity index (χ4v) is 1.44. The maximum Gasteiger partial charge on any atom is 0.267 e. The van der Waals surface area contributed by atoms with Gasteiger partial charge in [-0.05, 0) is 15.9 Å². The van der Waals surface area contributed by atoms with Gasteiger partial charge in [0.15, 0.2) is 0 Å². The molecule has 0 atom stereocenters. The number of likely N-dealkylation sites (N-methyl/N-ethyl adjacent to an activating group) is 1. The van der Waals surface area contributed by atoms with E-state index in [1.165, 1.54) is 6.33 Å². The summed E-state index contributed by atoms with van der Waals surface area (Å²) in [7, 11) is 1.84. The Balaban J connectivity index is 3.07. The Morgan fingerprint density at radius 3 is 3.15 bits per heavy atom. The molecule has 1 aromatic heterocycles. The maximum atomic E-state index is 11.2. The van der Waals surface area contributed by atoms with Gasteiger partial charge in [-0.2, -0.15) is 0 Å². The van der Waals surface area contributed by atoms with Crippen molar-refractivity contribution in [1.82, 2.24) is 9.97 Å². The molecule has 0 aliphatic carbocycles. The molecule has 0 amide bonds. The number of nitrogens with zero attached hydrogens (tertiary/aromatic N) is 2. The van der Waals surface area contributed by atoms with Crippen molar-refractivity contribution in [2.75, 3.05) is 18.5 Å². The van der Waals surface area contributed by atoms with Crippen molar-refractivity contribution >= 4 is 21.7 Å². The number of aromatic amines is 1. The summed E-state index contributed by atoms with van der Waals surface area (Å²) in [5.74, 6) is 0.614. The van der Waals surface area contributed by atoms with Crippen LogP contribution in [0.3, 0.4) is 0 Å². The van der Waals surface area contributed by atoms with E-state index in [9.17, 15) is 4.79 Å². The molecule has 0 saturated heterocycles. The predicted molar refractivity (Wildman–Crippen MR) is 56.0 cm³/mol. The summed E-state index contributed by atoms with van der Waals surface area (Å²) in [5, 5.41) is 0. The molecule has 0 fully saturated rings. The van der Waals surface area contributed by atoms with Crippen LogP contribution in [0, 0.1) is 0 Å². The fourth-order valence-electron chi connectivity index (χ4n) is 0.920. The van der Waals surface area contributed by atoms with Crippen LogP contribution in [-0.2, 0) is 0 Å². The smallest absolute Gasteiger partial charge is 0.267 e. The molecule has 0 spiro atoms. The summed E-state index contributed by atoms with van der Waals surface area (Å²) >= 11 is 3.17. The van der Waals surface area contributed by atoms with Crippen LogP contribution in [0.25, 0.3) is 0 Å². The van der Waals surface area contributed by atoms with Gasteiger partial charge in [0.1, 0.15) is 10.3 Å². The molecule has 0 unspecified atom stereocenters. The first-order valence-corrected chi connectivity index (χ1v) is 4.51. The second-order valence-corrected chi connectivity index (χ2v) is 3.33. The summed E-state index contributed by atoms with van der Waals surface area (Å²) in [4.78, 5) is 19.5. The van der Waals surface area contributed by atoms with E-state index in [2.05, 4.69) is 32.5 Å². The van der Waals surface area contributed by atoms with Crippen LogP contribution in [0.4, 0.5) is 5.82 Å². The molecule has 13 heavy (non-hydrogen) atoms. The molecule has 5 heteroatoms. The lowest BCUT2D eigenvalue weighted by Gasteiger charge is -2.15. The molecule has 0 bridgehead atoms. The normalized spacial score (nSPS) is 9.69. The number of halogens is 1. The maximum absolute atomic E-state index is 11.2. The minimum atomic E-state index is -0.180. The molecule has 0 aliphatic heterocycles. The third-order valence-corrected chi connectivity index (χ3v) is 2.26. The van der Waals surface area contributed by atoms with Crippen LogP contribution in [0.1, 0.15) is 0 Å². The van der Waals surface area contributed by atoms with Crippen LogP contribution >= 0.6 is 15.9 Å². The Hall–Kier alpha value is -1.10. The third kappa shape index (κ3) is 2.18. The van der Waals surface area contributed by atoms with E-state index in [4.69, 9.17) is 0 Å². The number of rotatable bonds is 3. The van der Waals surface area contributed by atoms with Gasteiger partial charge in [-0.25, -0.2) is 4.98 Å². The van der Waals surface area contributed by atoms with E-state index in [-0.39, 0.29) is 5.56 Å². The van der Waals surface area contributed by atoms with Gasteiger partial charge in [0, 0.05) is 13.6 Å². The lowest BCUT2D eigenvalue weighted by molar-refractivity contribution is 0.956. The van der Waals surface area contributed by atoms with Gasteiger partial charge in [-0.15, -0.1) is 6.58 Å². The highest BCUT2D eigenvalue weighted by Crippen LogP contribution is 2.16. The fraction of sp³-hybridized carbons (Fsp3) is 0.250. The van der Waals surface area contributed by atoms with E-state index in [1.54, 1.807) is 6.08 Å². The molecule has 0 saturated carbocycles. The number of hydrogen-bond donors (Lipinski definition) is 1. The highest BCUT2D eigenvalue weighted by atomic mass is 79.9. The van der Waals surface area contributed by atoms with E-state index < -0.39 is 0 Å². The van der Waals surface area contributed by atoms with Crippen molar-refractivity contribution in [2.45, 2.75) is 0 Å². The Morgan fingerprint density at radius 1 is 1.85 bits per heavy atom. The summed E-state index contributed by atoms with van der Waals surface area (Å²) in [6, 6.07) is 0. The van der Waals surface area contributed by atoms with E-state index >= 15 is 0 Å². The first-order valence-electron chi connectivity index (χ1n) is 3.72. The molecule has 0 aromatic carbocycles. The first-order chi connectivity index (χ1) is 6.16. The lowest BCUT2D eigenvalue weighted by atomic mass is 10.5. The molecule has 1 N–H and O–H groups in total. The second-order valence-electron chi connectivity index (χ2n) is 2.54. The molecular weight excluding hydrogens is 234 g/mol. The Labute approximate surface area is 84.4 Å². The molecule has 70 valence electrons. The zero-order chi connectivity index (χ0) is 9.84. The van der Waals surface area contributed by atoms with E-state index in [0.29, 0.717) is 16.8 Å². The highest BCUT2D eigenvalue weighted by Gasteiger charge is 2.08. The Morgan fingerprint density at radius 2 is 2.54 bits per heavy atom. The largest absolute Gasteiger partial charge is 0.355 e. The quantitative estimate of drug-likeness (QED) is 0.811. The number of aromatic nitrogens is 2. The number of anilines is 1.